The van der Waals surface area contributed by atoms with E-state index < -0.39 is 24.9 Å². The highest BCUT2D eigenvalue weighted by Gasteiger charge is 2.42. The number of ketones is 1. The molecule has 1 heterocycles. The lowest BCUT2D eigenvalue weighted by Gasteiger charge is -2.19. The Morgan fingerprint density at radius 1 is 0.818 bits per heavy atom. The molecule has 0 aliphatic carbocycles. The molecule has 55 heavy (non-hydrogen) atoms. The molecule has 6 nitrogen and oxygen atoms in total. The van der Waals surface area contributed by atoms with E-state index >= 15 is 0 Å². The number of fused-ring (bicyclic) bond motifs is 5. The minimum absolute atomic E-state index is 0.0657. The van der Waals surface area contributed by atoms with Crippen molar-refractivity contribution in [1.82, 2.24) is 4.57 Å². The number of ether oxygens (including phenoxy) is 1. The Balaban J connectivity index is 1.63. The van der Waals surface area contributed by atoms with Crippen LogP contribution in [0, 0.1) is 19.8 Å². The number of rotatable bonds is 15. The number of aryl methyl sites for hydroxylation is 2. The van der Waals surface area contributed by atoms with Crippen molar-refractivity contribution in [2.75, 3.05) is 6.61 Å². The second-order valence-corrected chi connectivity index (χ2v) is 14.1. The average molecular weight is 753 g/mol. The van der Waals surface area contributed by atoms with Gasteiger partial charge in [0.05, 0.1) is 5.52 Å². The monoisotopic (exact) mass is 752 g/mol. The molecule has 0 aliphatic heterocycles. The highest BCUT2D eigenvalue weighted by molar-refractivity contribution is 6.27. The topological polar surface area (TPSA) is 69.9 Å². The van der Waals surface area contributed by atoms with Gasteiger partial charge in [-0.1, -0.05) is 98.9 Å². The second kappa shape index (κ2) is 16.5. The summed E-state index contributed by atoms with van der Waals surface area (Å²) in [4.78, 5) is 31.7. The predicted octanol–water partition coefficient (Wildman–Crippen LogP) is 11.6. The number of nitrogens with zero attached hydrogens (tertiary/aromatic N) is 2. The summed E-state index contributed by atoms with van der Waals surface area (Å²) in [6.45, 7) is 8.57. The number of hydrogen-bond acceptors (Lipinski definition) is 5. The van der Waals surface area contributed by atoms with Crippen LogP contribution in [0.5, 0.6) is 5.75 Å². The Kier molecular flexibility index (Phi) is 11.7. The molecule has 1 unspecified atom stereocenters. The first kappa shape index (κ1) is 39.2. The van der Waals surface area contributed by atoms with E-state index in [4.69, 9.17) is 9.57 Å². The lowest BCUT2D eigenvalue weighted by molar-refractivity contribution is -0.148. The summed E-state index contributed by atoms with van der Waals surface area (Å²) in [5, 5.41) is 7.50. The summed E-state index contributed by atoms with van der Waals surface area (Å²) in [6, 6.07) is 27.3. The smallest absolute Gasteiger partial charge is 0.340 e. The van der Waals surface area contributed by atoms with Gasteiger partial charge in [0.15, 0.2) is 12.4 Å². The Hall–Kier alpha value is -5.51. The number of alkyl halides is 4. The van der Waals surface area contributed by atoms with Crippen LogP contribution in [0.2, 0.25) is 0 Å². The molecule has 6 rings (SSSR count). The SMILES string of the molecule is CCCCC(CC)Cn1c2ccc(/C(=N\OC(C)=O)c3ccccc3OCC(F)(F)C(F)F)cc2c2cc(C(=O)c3c(C)cccc3C)c3ccccc3c21. The van der Waals surface area contributed by atoms with Crippen LogP contribution in [0.4, 0.5) is 17.6 Å². The highest BCUT2D eigenvalue weighted by Crippen LogP contribution is 2.39. The first-order valence-corrected chi connectivity index (χ1v) is 18.6. The van der Waals surface area contributed by atoms with Gasteiger partial charge in [0.2, 0.25) is 0 Å². The Labute approximate surface area is 317 Å². The number of para-hydroxylation sites is 1. The van der Waals surface area contributed by atoms with Gasteiger partial charge in [-0.15, -0.1) is 0 Å². The maximum absolute atomic E-state index is 14.6. The van der Waals surface area contributed by atoms with E-state index in [2.05, 4.69) is 23.6 Å². The van der Waals surface area contributed by atoms with E-state index in [1.165, 1.54) is 25.1 Å². The van der Waals surface area contributed by atoms with Gasteiger partial charge in [0.1, 0.15) is 11.5 Å². The molecule has 0 N–H and O–H groups in total. The predicted molar refractivity (Wildman–Crippen MR) is 210 cm³/mol. The van der Waals surface area contributed by atoms with Gasteiger partial charge in [0.25, 0.3) is 0 Å². The van der Waals surface area contributed by atoms with Crippen molar-refractivity contribution in [2.24, 2.45) is 11.1 Å². The molecule has 10 heteroatoms. The van der Waals surface area contributed by atoms with Crippen molar-refractivity contribution in [2.45, 2.75) is 79.2 Å². The molecule has 0 aliphatic rings. The Bertz CT molecular complexity index is 2400. The van der Waals surface area contributed by atoms with E-state index in [1.54, 1.807) is 12.1 Å². The summed E-state index contributed by atoms with van der Waals surface area (Å²) >= 11 is 0. The molecule has 0 bridgehead atoms. The number of unbranched alkanes of at least 4 members (excludes halogenated alkanes) is 1. The molecule has 0 spiro atoms. The second-order valence-electron chi connectivity index (χ2n) is 14.1. The Morgan fingerprint density at radius 2 is 1.51 bits per heavy atom. The number of oxime groups is 1. The van der Waals surface area contributed by atoms with Crippen molar-refractivity contribution in [3.63, 3.8) is 0 Å². The molecule has 1 aromatic heterocycles. The Morgan fingerprint density at radius 3 is 2.18 bits per heavy atom. The van der Waals surface area contributed by atoms with E-state index in [1.807, 2.05) is 74.5 Å². The molecule has 0 saturated carbocycles. The van der Waals surface area contributed by atoms with Crippen molar-refractivity contribution in [1.29, 1.82) is 0 Å². The molecule has 0 fully saturated rings. The molecule has 1 atom stereocenters. The average Bonchev–Trinajstić information content (AvgIpc) is 3.47. The lowest BCUT2D eigenvalue weighted by atomic mass is 9.90. The zero-order valence-corrected chi connectivity index (χ0v) is 31.6. The molecular weight excluding hydrogens is 708 g/mol. The third kappa shape index (κ3) is 8.00. The molecule has 286 valence electrons. The maximum Gasteiger partial charge on any atom is 0.340 e. The van der Waals surface area contributed by atoms with Crippen LogP contribution in [-0.4, -0.2) is 41.0 Å². The van der Waals surface area contributed by atoms with Crippen molar-refractivity contribution >= 4 is 50.0 Å². The van der Waals surface area contributed by atoms with Crippen LogP contribution >= 0.6 is 0 Å². The van der Waals surface area contributed by atoms with Crippen LogP contribution in [0.15, 0.2) is 96.2 Å². The summed E-state index contributed by atoms with van der Waals surface area (Å²) in [5.41, 5.74) is 5.48. The van der Waals surface area contributed by atoms with Crippen molar-refractivity contribution < 1.29 is 36.7 Å². The minimum Gasteiger partial charge on any atom is -0.486 e. The van der Waals surface area contributed by atoms with Gasteiger partial charge in [-0.25, -0.2) is 13.6 Å². The van der Waals surface area contributed by atoms with Gasteiger partial charge < -0.3 is 14.1 Å². The van der Waals surface area contributed by atoms with E-state index in [0.717, 1.165) is 75.9 Å². The largest absolute Gasteiger partial charge is 0.486 e. The third-order valence-electron chi connectivity index (χ3n) is 10.2. The maximum atomic E-state index is 14.6. The summed E-state index contributed by atoms with van der Waals surface area (Å²) in [5.74, 6) is -4.99. The quantitative estimate of drug-likeness (QED) is 0.0344. The number of carbonyl (C=O) groups is 2. The van der Waals surface area contributed by atoms with Crippen LogP contribution in [0.3, 0.4) is 0 Å². The van der Waals surface area contributed by atoms with Gasteiger partial charge in [0, 0.05) is 57.4 Å². The van der Waals surface area contributed by atoms with Crippen molar-refractivity contribution in [3.8, 4) is 5.75 Å². The summed E-state index contributed by atoms with van der Waals surface area (Å²) in [6.07, 6.45) is 0.269. The fourth-order valence-corrected chi connectivity index (χ4v) is 7.36. The third-order valence-corrected chi connectivity index (χ3v) is 10.2. The molecule has 6 aromatic rings. The summed E-state index contributed by atoms with van der Waals surface area (Å²) < 4.78 is 61.7. The van der Waals surface area contributed by atoms with Gasteiger partial charge >= 0.3 is 18.3 Å². The first-order valence-electron chi connectivity index (χ1n) is 18.6. The van der Waals surface area contributed by atoms with Crippen LogP contribution in [0.1, 0.15) is 84.6 Å². The van der Waals surface area contributed by atoms with Gasteiger partial charge in [-0.05, 0) is 73.0 Å². The molecule has 0 saturated heterocycles. The van der Waals surface area contributed by atoms with Crippen LogP contribution in [0.25, 0.3) is 32.6 Å². The standard InChI is InChI=1S/C45H44F4N2O4/c1-6-8-16-30(7-2)25-51-38-22-21-31(41(50-55-29(5)52)34-19-11-12-20-39(34)54-26-45(48,49)44(46)47)23-35(38)36-24-37(32-17-9-10-18-33(32)42(36)51)43(53)40-27(3)14-13-15-28(40)4/h9-15,17-24,30,44H,6-8,16,25-26H2,1-5H3/b50-41+. The number of carbonyl (C=O) groups excluding carboxylic acids is 2. The first-order chi connectivity index (χ1) is 26.4. The number of halogens is 4. The molecule has 5 aromatic carbocycles. The van der Waals surface area contributed by atoms with Crippen LogP contribution < -0.4 is 4.74 Å². The lowest BCUT2D eigenvalue weighted by Crippen LogP contribution is -2.34. The fraction of sp³-hybridized carbons (Fsp3) is 0.311. The minimum atomic E-state index is -4.40. The molecule has 0 radical (unpaired) electrons. The number of benzene rings is 5. The molecule has 0 amide bonds. The van der Waals surface area contributed by atoms with E-state index in [0.29, 0.717) is 22.6 Å². The zero-order chi connectivity index (χ0) is 39.4. The van der Waals surface area contributed by atoms with E-state index in [9.17, 15) is 27.2 Å². The van der Waals surface area contributed by atoms with Gasteiger partial charge in [-0.2, -0.15) is 8.78 Å². The fourth-order valence-electron chi connectivity index (χ4n) is 7.36. The summed E-state index contributed by atoms with van der Waals surface area (Å²) in [7, 11) is 0. The molecular formula is C45H44F4N2O4. The van der Waals surface area contributed by atoms with Crippen molar-refractivity contribution in [3.05, 3.63) is 124 Å². The van der Waals surface area contributed by atoms with E-state index in [-0.39, 0.29) is 22.8 Å². The number of hydrogen-bond donors (Lipinski definition) is 0. The highest BCUT2D eigenvalue weighted by atomic mass is 19.3. The zero-order valence-electron chi connectivity index (χ0n) is 31.6. The van der Waals surface area contributed by atoms with Gasteiger partial charge in [-0.3, -0.25) is 4.79 Å². The normalized spacial score (nSPS) is 12.9. The number of aromatic nitrogens is 1. The van der Waals surface area contributed by atoms with Crippen LogP contribution in [-0.2, 0) is 16.2 Å².